The molecule has 0 saturated heterocycles. The van der Waals surface area contributed by atoms with Gasteiger partial charge in [0.15, 0.2) is 0 Å². The molecular formula is FLi2P. The van der Waals surface area contributed by atoms with Crippen molar-refractivity contribution in [3.63, 3.8) is 0 Å². The second-order valence-electron chi connectivity index (χ2n) is 0. The summed E-state index contributed by atoms with van der Waals surface area (Å²) in [4.78, 5) is 0. The van der Waals surface area contributed by atoms with Crippen LogP contribution in [0.4, 0.5) is 4.20 Å². The molecule has 0 N–H and O–H groups in total. The Kier molecular flexibility index (Phi) is 105. The molecule has 0 radical (unpaired) electrons. The van der Waals surface area contributed by atoms with Crippen molar-refractivity contribution in [2.24, 2.45) is 0 Å². The number of hydrogen-bond acceptors (Lipinski definition) is 0. The molecule has 0 bridgehead atoms. The van der Waals surface area contributed by atoms with Crippen LogP contribution in [0.2, 0.25) is 0 Å². The summed E-state index contributed by atoms with van der Waals surface area (Å²) < 4.78 is 9.19. The fourth-order valence-corrected chi connectivity index (χ4v) is 0. The molecule has 0 saturated carbocycles. The predicted molar refractivity (Wildman–Crippen MR) is 8.03 cm³/mol. The Bertz CT molecular complexity index is 6.00. The Hall–Kier alpha value is 1.55. The zero-order chi connectivity index (χ0) is 2.00. The van der Waals surface area contributed by atoms with Crippen molar-refractivity contribution in [3.05, 3.63) is 0 Å². The van der Waals surface area contributed by atoms with Gasteiger partial charge in [-0.3, -0.25) is 0 Å². The number of rotatable bonds is 0. The predicted octanol–water partition coefficient (Wildman–Crippen LogP) is -4.71. The van der Waals surface area contributed by atoms with Crippen LogP contribution in [0.15, 0.2) is 0 Å². The first-order chi connectivity index (χ1) is 1.00. The first kappa shape index (κ1) is 17.7. The summed E-state index contributed by atoms with van der Waals surface area (Å²) in [6.07, 6.45) is 0. The van der Waals surface area contributed by atoms with Crippen LogP contribution in [-0.2, 0) is 0 Å². The van der Waals surface area contributed by atoms with Gasteiger partial charge in [0.25, 0.3) is 0 Å². The van der Waals surface area contributed by atoms with Crippen molar-refractivity contribution < 1.29 is 41.9 Å². The summed E-state index contributed by atoms with van der Waals surface area (Å²) >= 11 is 0. The van der Waals surface area contributed by atoms with E-state index in [1.165, 1.54) is 0 Å². The van der Waals surface area contributed by atoms with Crippen molar-refractivity contribution in [1.82, 2.24) is 0 Å². The van der Waals surface area contributed by atoms with Crippen LogP contribution in [0.1, 0.15) is 0 Å². The summed E-state index contributed by atoms with van der Waals surface area (Å²) in [5.41, 5.74) is 0. The summed E-state index contributed by atoms with van der Waals surface area (Å²) in [5.74, 6) is 0. The molecule has 0 rings (SSSR count). The second kappa shape index (κ2) is 23.8. The average molecular weight is 63.9 g/mol. The Labute approximate surface area is 51.6 Å². The van der Waals surface area contributed by atoms with E-state index in [1.807, 2.05) is 9.55 Å². The molecule has 0 aliphatic carbocycles. The summed E-state index contributed by atoms with van der Waals surface area (Å²) in [7, 11) is 2.03. The van der Waals surface area contributed by atoms with Crippen LogP contribution in [0.25, 0.3) is 0 Å². The van der Waals surface area contributed by atoms with Gasteiger partial charge >= 0.3 is 37.7 Å². The Morgan fingerprint density at radius 3 is 1.00 bits per heavy atom. The van der Waals surface area contributed by atoms with E-state index in [-0.39, 0.29) is 37.7 Å². The minimum atomic E-state index is 0. The smallest absolute Gasteiger partial charge is 1.00 e. The summed E-state index contributed by atoms with van der Waals surface area (Å²) in [6, 6.07) is 0. The third-order valence-electron chi connectivity index (χ3n) is 0. The number of halogens is 1. The van der Waals surface area contributed by atoms with Crippen molar-refractivity contribution >= 4 is 9.55 Å². The van der Waals surface area contributed by atoms with Gasteiger partial charge in [0.05, 0.1) is 0 Å². The third-order valence-corrected chi connectivity index (χ3v) is 0. The maximum Gasteiger partial charge on any atom is 1.00 e. The van der Waals surface area contributed by atoms with Crippen LogP contribution in [0, 0.1) is 0 Å². The van der Waals surface area contributed by atoms with E-state index in [2.05, 4.69) is 0 Å². The maximum absolute atomic E-state index is 9.19. The van der Waals surface area contributed by atoms with E-state index >= 15 is 0 Å². The fraction of sp³-hybridized carbons (Fsp3) is 0. The van der Waals surface area contributed by atoms with Gasteiger partial charge in [-0.15, -0.1) is 0 Å². The van der Waals surface area contributed by atoms with Gasteiger partial charge in [-0.05, 0) is 0 Å². The first-order valence-corrected chi connectivity index (χ1v) is 0.507. The molecule has 0 unspecified atom stereocenters. The molecule has 0 aliphatic rings. The molecule has 0 heterocycles. The van der Waals surface area contributed by atoms with Gasteiger partial charge < -0.3 is 13.7 Å². The zero-order valence-electron chi connectivity index (χ0n) is 2.83. The molecule has 0 aliphatic heterocycles. The molecule has 0 aromatic heterocycles. The third kappa shape index (κ3) is 9.60. The largest absolute Gasteiger partial charge is 1.27 e. The maximum atomic E-state index is 9.19. The SMILES string of the molecule is F[P-2].[Li+].[Li+]. The summed E-state index contributed by atoms with van der Waals surface area (Å²) in [6.45, 7) is 0. The normalized spacial score (nSPS) is 1.50. The van der Waals surface area contributed by atoms with Gasteiger partial charge in [0.1, 0.15) is 0 Å². The molecule has 0 amide bonds. The van der Waals surface area contributed by atoms with Crippen molar-refractivity contribution in [3.8, 4) is 0 Å². The molecule has 0 spiro atoms. The Morgan fingerprint density at radius 2 is 1.00 bits per heavy atom. The topological polar surface area (TPSA) is 0 Å². The van der Waals surface area contributed by atoms with E-state index in [0.29, 0.717) is 0 Å². The van der Waals surface area contributed by atoms with E-state index in [9.17, 15) is 4.20 Å². The fourth-order valence-electron chi connectivity index (χ4n) is 0. The monoisotopic (exact) mass is 64.0 g/mol. The van der Waals surface area contributed by atoms with Gasteiger partial charge in [0.2, 0.25) is 0 Å². The van der Waals surface area contributed by atoms with Crippen molar-refractivity contribution in [2.75, 3.05) is 0 Å². The quantitative estimate of drug-likeness (QED) is 0.196. The van der Waals surface area contributed by atoms with Crippen molar-refractivity contribution in [2.45, 2.75) is 0 Å². The molecule has 0 aromatic rings. The van der Waals surface area contributed by atoms with Gasteiger partial charge in [0, 0.05) is 0 Å². The summed E-state index contributed by atoms with van der Waals surface area (Å²) in [5, 5.41) is 0. The Morgan fingerprint density at radius 1 is 1.00 bits per heavy atom. The molecule has 4 heavy (non-hydrogen) atoms. The van der Waals surface area contributed by atoms with Gasteiger partial charge in [-0.25, -0.2) is 0 Å². The van der Waals surface area contributed by atoms with Crippen LogP contribution >= 0.6 is 9.55 Å². The zero-order valence-corrected chi connectivity index (χ0v) is 3.72. The Balaban J connectivity index is -0.00000000500. The molecule has 14 valence electrons. The molecule has 0 atom stereocenters. The first-order valence-electron chi connectivity index (χ1n) is 0.169. The second-order valence-corrected chi connectivity index (χ2v) is 0. The van der Waals surface area contributed by atoms with E-state index < -0.39 is 0 Å². The van der Waals surface area contributed by atoms with Gasteiger partial charge in [-0.1, -0.05) is 0 Å². The van der Waals surface area contributed by atoms with Crippen LogP contribution in [0.5, 0.6) is 0 Å². The average Bonchev–Trinajstić information content (AvgIpc) is 1.00. The van der Waals surface area contributed by atoms with Crippen molar-refractivity contribution in [1.29, 1.82) is 0 Å². The molecule has 0 nitrogen and oxygen atoms in total. The minimum absolute atomic E-state index is 0. The van der Waals surface area contributed by atoms with E-state index in [0.717, 1.165) is 0 Å². The molecular weight excluding hydrogens is 63.9 g/mol. The van der Waals surface area contributed by atoms with E-state index in [4.69, 9.17) is 0 Å². The van der Waals surface area contributed by atoms with Crippen LogP contribution in [-0.4, -0.2) is 0 Å². The molecule has 4 heteroatoms. The van der Waals surface area contributed by atoms with Crippen LogP contribution in [0.3, 0.4) is 0 Å². The minimum Gasteiger partial charge on any atom is -1.27 e. The van der Waals surface area contributed by atoms with Crippen LogP contribution < -0.4 is 37.7 Å². The van der Waals surface area contributed by atoms with E-state index in [1.54, 1.807) is 0 Å². The number of hydrogen-bond donors (Lipinski definition) is 0. The molecule has 0 aromatic carbocycles. The standard InChI is InChI=1S/FP.2Li/c1-2;;/q-2;2*+1. The van der Waals surface area contributed by atoms with Gasteiger partial charge in [-0.2, -0.15) is 0 Å². The molecule has 0 fully saturated rings.